The van der Waals surface area contributed by atoms with Crippen LogP contribution in [0.3, 0.4) is 0 Å². The zero-order valence-corrected chi connectivity index (χ0v) is 15.0. The molecule has 0 amide bonds. The van der Waals surface area contributed by atoms with E-state index in [0.29, 0.717) is 44.9 Å². The lowest BCUT2D eigenvalue weighted by Gasteiger charge is -2.42. The van der Waals surface area contributed by atoms with Crippen molar-refractivity contribution in [3.63, 3.8) is 0 Å². The molecule has 134 valence electrons. The second kappa shape index (κ2) is 7.16. The van der Waals surface area contributed by atoms with Gasteiger partial charge in [0.05, 0.1) is 44.6 Å². The highest BCUT2D eigenvalue weighted by molar-refractivity contribution is 5.42. The molecule has 1 atom stereocenters. The van der Waals surface area contributed by atoms with E-state index in [0.717, 1.165) is 18.9 Å². The Morgan fingerprint density at radius 1 is 1.12 bits per heavy atom. The fraction of sp³-hybridized carbons (Fsp3) is 0.812. The van der Waals surface area contributed by atoms with E-state index >= 15 is 0 Å². The molecule has 2 saturated heterocycles. The first-order valence-electron chi connectivity index (χ1n) is 8.42. The molecule has 8 heteroatoms. The van der Waals surface area contributed by atoms with Gasteiger partial charge in [0.2, 0.25) is 11.9 Å². The van der Waals surface area contributed by atoms with Gasteiger partial charge in [-0.25, -0.2) is 0 Å². The molecule has 8 nitrogen and oxygen atoms in total. The smallest absolute Gasteiger partial charge is 0.231 e. The summed E-state index contributed by atoms with van der Waals surface area (Å²) in [5.74, 6) is 2.14. The van der Waals surface area contributed by atoms with Gasteiger partial charge in [-0.15, -0.1) is 0 Å². The molecule has 0 aromatic carbocycles. The Hall–Kier alpha value is -1.51. The van der Waals surface area contributed by atoms with Gasteiger partial charge in [-0.1, -0.05) is 0 Å². The van der Waals surface area contributed by atoms with E-state index in [1.807, 2.05) is 6.92 Å². The standard InChI is InChI=1S/C16H27N5O3/c1-12-17-14(20-5-7-23-10-13(20)9-22-4)19-15(18-12)21-6-8-24-11-16(21,2)3/h13H,5-11H2,1-4H3/t13-/m1/s1. The van der Waals surface area contributed by atoms with Crippen LogP contribution in [0, 0.1) is 6.92 Å². The van der Waals surface area contributed by atoms with Gasteiger partial charge in [0.1, 0.15) is 5.82 Å². The normalized spacial score (nSPS) is 24.2. The predicted octanol–water partition coefficient (Wildman–Crippen LogP) is 0.647. The van der Waals surface area contributed by atoms with E-state index in [1.165, 1.54) is 0 Å². The summed E-state index contributed by atoms with van der Waals surface area (Å²) in [5, 5.41) is 0. The number of nitrogens with zero attached hydrogens (tertiary/aromatic N) is 5. The third-order valence-electron chi connectivity index (χ3n) is 4.45. The van der Waals surface area contributed by atoms with Crippen molar-refractivity contribution in [1.82, 2.24) is 15.0 Å². The minimum absolute atomic E-state index is 0.121. The van der Waals surface area contributed by atoms with Crippen molar-refractivity contribution in [2.24, 2.45) is 0 Å². The average Bonchev–Trinajstić information content (AvgIpc) is 2.54. The Morgan fingerprint density at radius 3 is 2.62 bits per heavy atom. The summed E-state index contributed by atoms with van der Waals surface area (Å²) >= 11 is 0. The molecule has 2 aliphatic heterocycles. The van der Waals surface area contributed by atoms with Crippen molar-refractivity contribution in [2.75, 3.05) is 63.0 Å². The van der Waals surface area contributed by atoms with Crippen LogP contribution in [0.15, 0.2) is 0 Å². The zero-order valence-electron chi connectivity index (χ0n) is 15.0. The van der Waals surface area contributed by atoms with Gasteiger partial charge in [-0.2, -0.15) is 15.0 Å². The molecule has 0 unspecified atom stereocenters. The van der Waals surface area contributed by atoms with Crippen LogP contribution in [0.2, 0.25) is 0 Å². The number of hydrogen-bond acceptors (Lipinski definition) is 8. The Balaban J connectivity index is 1.90. The van der Waals surface area contributed by atoms with E-state index in [-0.39, 0.29) is 11.6 Å². The monoisotopic (exact) mass is 337 g/mol. The van der Waals surface area contributed by atoms with Crippen LogP contribution in [-0.2, 0) is 14.2 Å². The van der Waals surface area contributed by atoms with Crippen LogP contribution in [0.25, 0.3) is 0 Å². The summed E-state index contributed by atoms with van der Waals surface area (Å²) in [6, 6.07) is 0.121. The van der Waals surface area contributed by atoms with Crippen LogP contribution in [0.4, 0.5) is 11.9 Å². The molecule has 2 aliphatic rings. The van der Waals surface area contributed by atoms with Crippen LogP contribution in [-0.4, -0.2) is 79.8 Å². The number of aryl methyl sites for hydroxylation is 1. The topological polar surface area (TPSA) is 72.8 Å². The SMILES string of the molecule is COC[C@@H]1COCCN1c1nc(C)nc(N2CCOCC2(C)C)n1. The van der Waals surface area contributed by atoms with Gasteiger partial charge in [-0.3, -0.25) is 0 Å². The van der Waals surface area contributed by atoms with Crippen molar-refractivity contribution in [2.45, 2.75) is 32.4 Å². The van der Waals surface area contributed by atoms with Gasteiger partial charge in [0.25, 0.3) is 0 Å². The maximum absolute atomic E-state index is 5.61. The molecule has 3 rings (SSSR count). The fourth-order valence-corrected chi connectivity index (χ4v) is 3.18. The van der Waals surface area contributed by atoms with E-state index < -0.39 is 0 Å². The first-order valence-corrected chi connectivity index (χ1v) is 8.42. The quantitative estimate of drug-likeness (QED) is 0.793. The summed E-state index contributed by atoms with van der Waals surface area (Å²) < 4.78 is 16.5. The molecule has 1 aromatic heterocycles. The number of rotatable bonds is 4. The molecule has 0 saturated carbocycles. The number of methoxy groups -OCH3 is 1. The summed E-state index contributed by atoms with van der Waals surface area (Å²) in [5.41, 5.74) is -0.139. The molecule has 24 heavy (non-hydrogen) atoms. The summed E-state index contributed by atoms with van der Waals surface area (Å²) in [6.07, 6.45) is 0. The average molecular weight is 337 g/mol. The highest BCUT2D eigenvalue weighted by Crippen LogP contribution is 2.26. The first kappa shape index (κ1) is 17.3. The number of morpholine rings is 2. The Bertz CT molecular complexity index is 567. The minimum atomic E-state index is -0.139. The van der Waals surface area contributed by atoms with Crippen molar-refractivity contribution in [3.8, 4) is 0 Å². The fourth-order valence-electron chi connectivity index (χ4n) is 3.18. The van der Waals surface area contributed by atoms with E-state index in [9.17, 15) is 0 Å². The molecule has 0 N–H and O–H groups in total. The van der Waals surface area contributed by atoms with Crippen LogP contribution >= 0.6 is 0 Å². The highest BCUT2D eigenvalue weighted by atomic mass is 16.5. The largest absolute Gasteiger partial charge is 0.382 e. The van der Waals surface area contributed by atoms with Crippen molar-refractivity contribution < 1.29 is 14.2 Å². The predicted molar refractivity (Wildman–Crippen MR) is 90.6 cm³/mol. The second-order valence-electron chi connectivity index (χ2n) is 6.88. The minimum Gasteiger partial charge on any atom is -0.382 e. The van der Waals surface area contributed by atoms with Gasteiger partial charge in [0.15, 0.2) is 0 Å². The zero-order chi connectivity index (χ0) is 17.2. The molecule has 0 radical (unpaired) electrons. The number of aromatic nitrogens is 3. The lowest BCUT2D eigenvalue weighted by molar-refractivity contribution is 0.0589. The molecule has 1 aromatic rings. The Labute approximate surface area is 143 Å². The number of anilines is 2. The van der Waals surface area contributed by atoms with Crippen molar-refractivity contribution in [1.29, 1.82) is 0 Å². The Morgan fingerprint density at radius 2 is 1.88 bits per heavy atom. The molecule has 3 heterocycles. The lowest BCUT2D eigenvalue weighted by atomic mass is 10.0. The molecule has 0 bridgehead atoms. The van der Waals surface area contributed by atoms with Crippen molar-refractivity contribution in [3.05, 3.63) is 5.82 Å². The number of hydrogen-bond donors (Lipinski definition) is 0. The maximum Gasteiger partial charge on any atom is 0.231 e. The molecule has 0 spiro atoms. The van der Waals surface area contributed by atoms with Crippen LogP contribution < -0.4 is 9.80 Å². The third-order valence-corrected chi connectivity index (χ3v) is 4.45. The third kappa shape index (κ3) is 3.60. The van der Waals surface area contributed by atoms with Gasteiger partial charge >= 0.3 is 0 Å². The van der Waals surface area contributed by atoms with Crippen LogP contribution in [0.5, 0.6) is 0 Å². The molecule has 0 aliphatic carbocycles. The Kier molecular flexibility index (Phi) is 5.17. The number of ether oxygens (including phenoxy) is 3. The highest BCUT2D eigenvalue weighted by Gasteiger charge is 2.34. The van der Waals surface area contributed by atoms with Gasteiger partial charge in [0, 0.05) is 20.2 Å². The first-order chi connectivity index (χ1) is 11.5. The molecular formula is C16H27N5O3. The van der Waals surface area contributed by atoms with Crippen molar-refractivity contribution >= 4 is 11.9 Å². The van der Waals surface area contributed by atoms with Gasteiger partial charge < -0.3 is 24.0 Å². The second-order valence-corrected chi connectivity index (χ2v) is 6.88. The summed E-state index contributed by atoms with van der Waals surface area (Å²) in [6.45, 7) is 11.0. The van der Waals surface area contributed by atoms with E-state index in [1.54, 1.807) is 7.11 Å². The van der Waals surface area contributed by atoms with Gasteiger partial charge in [-0.05, 0) is 20.8 Å². The van der Waals surface area contributed by atoms with Crippen LogP contribution in [0.1, 0.15) is 19.7 Å². The van der Waals surface area contributed by atoms with E-state index in [4.69, 9.17) is 19.2 Å². The van der Waals surface area contributed by atoms with E-state index in [2.05, 4.69) is 33.6 Å². The molecule has 2 fully saturated rings. The summed E-state index contributed by atoms with van der Waals surface area (Å²) in [7, 11) is 1.70. The summed E-state index contributed by atoms with van der Waals surface area (Å²) in [4.78, 5) is 18.3. The molecular weight excluding hydrogens is 310 g/mol. The maximum atomic E-state index is 5.61. The lowest BCUT2D eigenvalue weighted by Crippen LogP contribution is -2.54.